The Balaban J connectivity index is 1.26. The van der Waals surface area contributed by atoms with Crippen LogP contribution in [0.3, 0.4) is 0 Å². The molecule has 10 nitrogen and oxygen atoms in total. The standard InChI is InChI=1S/C28H28N4O6S4/c1-37-19-11-7-17(8-12-19)29-21(33)5-3-15-31-25(35)23(41-27(31)39)24-26(36)32(28(40)42-24)16-4-6-22(34)30-18-9-13-20(38-2)14-10-18/h7-14H,3-6,15-16H2,1-2H3,(H,29,33)(H,30,34). The normalized spacial score (nSPS) is 16.7. The molecule has 0 spiro atoms. The highest BCUT2D eigenvalue weighted by molar-refractivity contribution is 8.29. The van der Waals surface area contributed by atoms with Crippen LogP contribution in [0.5, 0.6) is 11.5 Å². The summed E-state index contributed by atoms with van der Waals surface area (Å²) in [6.45, 7) is 0.488. The van der Waals surface area contributed by atoms with E-state index in [0.717, 1.165) is 23.5 Å². The van der Waals surface area contributed by atoms with Crippen LogP contribution in [0, 0.1) is 0 Å². The summed E-state index contributed by atoms with van der Waals surface area (Å²) in [7, 11) is 3.13. The second-order valence-electron chi connectivity index (χ2n) is 9.07. The van der Waals surface area contributed by atoms with Crippen LogP contribution in [0.25, 0.3) is 0 Å². The van der Waals surface area contributed by atoms with Crippen LogP contribution < -0.4 is 20.1 Å². The fourth-order valence-corrected chi connectivity index (χ4v) is 6.82. The number of ether oxygens (including phenoxy) is 2. The molecule has 0 saturated carbocycles. The molecule has 2 heterocycles. The maximum atomic E-state index is 13.2. The quantitative estimate of drug-likeness (QED) is 0.247. The van der Waals surface area contributed by atoms with Gasteiger partial charge in [0.2, 0.25) is 11.8 Å². The van der Waals surface area contributed by atoms with E-state index in [-0.39, 0.29) is 59.4 Å². The summed E-state index contributed by atoms with van der Waals surface area (Å²) in [5, 5.41) is 5.61. The Bertz CT molecular complexity index is 1320. The van der Waals surface area contributed by atoms with E-state index in [0.29, 0.717) is 44.4 Å². The van der Waals surface area contributed by atoms with Crippen molar-refractivity contribution in [1.82, 2.24) is 9.80 Å². The zero-order valence-corrected chi connectivity index (χ0v) is 26.1. The van der Waals surface area contributed by atoms with Gasteiger partial charge in [0, 0.05) is 37.3 Å². The molecule has 0 aromatic heterocycles. The van der Waals surface area contributed by atoms with Gasteiger partial charge in [0.25, 0.3) is 11.8 Å². The number of thioether (sulfide) groups is 2. The molecule has 2 aliphatic heterocycles. The van der Waals surface area contributed by atoms with Gasteiger partial charge in [-0.1, -0.05) is 48.0 Å². The molecule has 4 rings (SSSR count). The Morgan fingerprint density at radius 3 is 1.38 bits per heavy atom. The topological polar surface area (TPSA) is 117 Å². The highest BCUT2D eigenvalue weighted by Crippen LogP contribution is 2.42. The SMILES string of the molecule is COc1ccc(NC(=O)CCCN2C(=O)C(=C3SC(=S)N(CCCC(=O)Nc4ccc(OC)cc4)C3=O)SC2=S)cc1. The summed E-state index contributed by atoms with van der Waals surface area (Å²) in [6.07, 6.45) is 1.15. The van der Waals surface area contributed by atoms with E-state index in [2.05, 4.69) is 10.6 Å². The number of hydrogen-bond acceptors (Lipinski definition) is 10. The maximum absolute atomic E-state index is 13.2. The molecule has 0 aliphatic carbocycles. The molecule has 2 aromatic carbocycles. The summed E-state index contributed by atoms with van der Waals surface area (Å²) in [5.74, 6) is 0.244. The molecule has 2 aliphatic rings. The Morgan fingerprint density at radius 1 is 0.690 bits per heavy atom. The van der Waals surface area contributed by atoms with E-state index in [4.69, 9.17) is 33.9 Å². The minimum Gasteiger partial charge on any atom is -0.497 e. The zero-order chi connectivity index (χ0) is 30.2. The number of nitrogens with one attached hydrogen (secondary N) is 2. The molecule has 0 atom stereocenters. The number of thiocarbonyl (C=S) groups is 2. The number of amides is 4. The molecule has 2 fully saturated rings. The van der Waals surface area contributed by atoms with Crippen LogP contribution in [0.1, 0.15) is 25.7 Å². The lowest BCUT2D eigenvalue weighted by Crippen LogP contribution is -2.31. The van der Waals surface area contributed by atoms with Gasteiger partial charge in [0.15, 0.2) is 0 Å². The van der Waals surface area contributed by atoms with Crippen molar-refractivity contribution in [1.29, 1.82) is 0 Å². The van der Waals surface area contributed by atoms with Crippen LogP contribution >= 0.6 is 48.0 Å². The number of carbonyl (C=O) groups is 4. The molecule has 4 amide bonds. The largest absolute Gasteiger partial charge is 0.497 e. The van der Waals surface area contributed by atoms with Crippen LogP contribution in [-0.2, 0) is 19.2 Å². The van der Waals surface area contributed by atoms with E-state index in [1.54, 1.807) is 62.8 Å². The molecule has 14 heteroatoms. The van der Waals surface area contributed by atoms with Crippen molar-refractivity contribution in [3.8, 4) is 11.5 Å². The highest BCUT2D eigenvalue weighted by atomic mass is 32.2. The molecule has 220 valence electrons. The van der Waals surface area contributed by atoms with Crippen molar-refractivity contribution < 1.29 is 28.7 Å². The molecule has 0 bridgehead atoms. The van der Waals surface area contributed by atoms with Gasteiger partial charge < -0.3 is 20.1 Å². The third-order valence-corrected chi connectivity index (χ3v) is 9.25. The van der Waals surface area contributed by atoms with Gasteiger partial charge in [-0.05, 0) is 61.4 Å². The van der Waals surface area contributed by atoms with Crippen molar-refractivity contribution in [2.24, 2.45) is 0 Å². The van der Waals surface area contributed by atoms with Crippen molar-refractivity contribution in [3.63, 3.8) is 0 Å². The summed E-state index contributed by atoms with van der Waals surface area (Å²) in [5.41, 5.74) is 1.29. The Labute approximate surface area is 262 Å². The second kappa shape index (κ2) is 14.6. The summed E-state index contributed by atoms with van der Waals surface area (Å²) < 4.78 is 10.9. The van der Waals surface area contributed by atoms with E-state index >= 15 is 0 Å². The van der Waals surface area contributed by atoms with Crippen LogP contribution in [-0.4, -0.2) is 69.4 Å². The monoisotopic (exact) mass is 644 g/mol. The van der Waals surface area contributed by atoms with Gasteiger partial charge in [0.1, 0.15) is 20.1 Å². The fourth-order valence-electron chi connectivity index (χ4n) is 4.05. The maximum Gasteiger partial charge on any atom is 0.267 e. The van der Waals surface area contributed by atoms with Crippen LogP contribution in [0.4, 0.5) is 11.4 Å². The summed E-state index contributed by atoms with van der Waals surface area (Å²) >= 11 is 12.9. The zero-order valence-electron chi connectivity index (χ0n) is 22.8. The molecule has 2 aromatic rings. The van der Waals surface area contributed by atoms with Gasteiger partial charge in [-0.15, -0.1) is 0 Å². The van der Waals surface area contributed by atoms with Crippen LogP contribution in [0.2, 0.25) is 0 Å². The van der Waals surface area contributed by atoms with Gasteiger partial charge in [-0.2, -0.15) is 0 Å². The van der Waals surface area contributed by atoms with Crippen molar-refractivity contribution in [2.45, 2.75) is 25.7 Å². The molecule has 2 N–H and O–H groups in total. The number of benzene rings is 2. The molecule has 42 heavy (non-hydrogen) atoms. The van der Waals surface area contributed by atoms with Gasteiger partial charge in [-0.3, -0.25) is 29.0 Å². The first-order valence-corrected chi connectivity index (χ1v) is 15.3. The van der Waals surface area contributed by atoms with Gasteiger partial charge >= 0.3 is 0 Å². The van der Waals surface area contributed by atoms with E-state index < -0.39 is 0 Å². The molecular formula is C28H28N4O6S4. The lowest BCUT2D eigenvalue weighted by Gasteiger charge is -2.15. The third-order valence-electron chi connectivity index (χ3n) is 6.22. The molecule has 0 unspecified atom stereocenters. The second-order valence-corrected chi connectivity index (χ2v) is 12.4. The average molecular weight is 645 g/mol. The minimum atomic E-state index is -0.375. The average Bonchev–Trinajstić information content (AvgIpc) is 3.42. The summed E-state index contributed by atoms with van der Waals surface area (Å²) in [6, 6.07) is 14.0. The molecule has 2 saturated heterocycles. The lowest BCUT2D eigenvalue weighted by molar-refractivity contribution is -0.124. The van der Waals surface area contributed by atoms with E-state index in [1.807, 2.05) is 0 Å². The first-order valence-electron chi connectivity index (χ1n) is 12.9. The number of nitrogens with zero attached hydrogens (tertiary/aromatic N) is 2. The van der Waals surface area contributed by atoms with Crippen molar-refractivity contribution in [2.75, 3.05) is 37.9 Å². The van der Waals surface area contributed by atoms with E-state index in [9.17, 15) is 19.2 Å². The van der Waals surface area contributed by atoms with Crippen LogP contribution in [0.15, 0.2) is 58.3 Å². The number of rotatable bonds is 12. The van der Waals surface area contributed by atoms with Crippen molar-refractivity contribution in [3.05, 3.63) is 58.3 Å². The molecular weight excluding hydrogens is 617 g/mol. The van der Waals surface area contributed by atoms with Gasteiger partial charge in [0.05, 0.1) is 24.0 Å². The first kappa shape index (κ1) is 31.5. The number of methoxy groups -OCH3 is 2. The Kier molecular flexibility index (Phi) is 11.0. The predicted molar refractivity (Wildman–Crippen MR) is 173 cm³/mol. The highest BCUT2D eigenvalue weighted by Gasteiger charge is 2.41. The minimum absolute atomic E-state index is 0.187. The van der Waals surface area contributed by atoms with Crippen molar-refractivity contribution >= 4 is 91.6 Å². The lowest BCUT2D eigenvalue weighted by atomic mass is 10.2. The Hall–Kier alpha value is -3.46. The molecule has 0 radical (unpaired) electrons. The number of hydrogen-bond donors (Lipinski definition) is 2. The number of anilines is 2. The van der Waals surface area contributed by atoms with Gasteiger partial charge in [-0.25, -0.2) is 0 Å². The smallest absolute Gasteiger partial charge is 0.267 e. The third kappa shape index (κ3) is 7.88. The fraction of sp³-hybridized carbons (Fsp3) is 0.286. The predicted octanol–water partition coefficient (Wildman–Crippen LogP) is 4.77. The first-order chi connectivity index (χ1) is 20.2. The summed E-state index contributed by atoms with van der Waals surface area (Å²) in [4.78, 5) is 54.3. The van der Waals surface area contributed by atoms with E-state index in [1.165, 1.54) is 9.80 Å². The number of carbonyl (C=O) groups excluding carboxylic acids is 4. The Morgan fingerprint density at radius 2 is 1.05 bits per heavy atom.